The second-order valence-electron chi connectivity index (χ2n) is 3.27. The molecule has 0 atom stereocenters. The number of hydrogen-bond acceptors (Lipinski definition) is 1. The maximum atomic E-state index is 11.9. The fourth-order valence-electron chi connectivity index (χ4n) is 1.64. The molecule has 0 saturated heterocycles. The summed E-state index contributed by atoms with van der Waals surface area (Å²) in [6, 6.07) is 0. The maximum Gasteiger partial charge on any atom is 0.415 e. The lowest BCUT2D eigenvalue weighted by atomic mass is 9.99. The van der Waals surface area contributed by atoms with E-state index in [2.05, 4.69) is 4.52 Å². The Hall–Kier alpha value is 0.250. The Labute approximate surface area is 73.6 Å². The SMILES string of the molecule is FP(F)OC1CCCCCCC1. The Morgan fingerprint density at radius 1 is 0.917 bits per heavy atom. The van der Waals surface area contributed by atoms with Crippen LogP contribution in [0.1, 0.15) is 44.9 Å². The topological polar surface area (TPSA) is 9.23 Å². The molecule has 0 heterocycles. The molecule has 1 fully saturated rings. The Kier molecular flexibility index (Phi) is 5.01. The van der Waals surface area contributed by atoms with Crippen LogP contribution in [0.25, 0.3) is 0 Å². The van der Waals surface area contributed by atoms with Crippen molar-refractivity contribution in [2.45, 2.75) is 51.0 Å². The first-order valence-corrected chi connectivity index (χ1v) is 5.61. The van der Waals surface area contributed by atoms with Crippen LogP contribution in [0.3, 0.4) is 0 Å². The van der Waals surface area contributed by atoms with Crippen LogP contribution >= 0.6 is 8.77 Å². The van der Waals surface area contributed by atoms with Crippen molar-refractivity contribution >= 4 is 8.77 Å². The van der Waals surface area contributed by atoms with E-state index in [0.29, 0.717) is 0 Å². The molecule has 0 radical (unpaired) electrons. The smallest absolute Gasteiger partial charge is 0.302 e. The lowest BCUT2D eigenvalue weighted by Crippen LogP contribution is -2.10. The van der Waals surface area contributed by atoms with Crippen LogP contribution in [0.2, 0.25) is 0 Å². The second-order valence-corrected chi connectivity index (χ2v) is 3.89. The second kappa shape index (κ2) is 5.82. The van der Waals surface area contributed by atoms with Crippen LogP contribution in [0, 0.1) is 0 Å². The van der Waals surface area contributed by atoms with Gasteiger partial charge in [-0.3, -0.25) is 0 Å². The summed E-state index contributed by atoms with van der Waals surface area (Å²) >= 11 is 0. The maximum absolute atomic E-state index is 11.9. The van der Waals surface area contributed by atoms with Gasteiger partial charge < -0.3 is 4.52 Å². The summed E-state index contributed by atoms with van der Waals surface area (Å²) in [4.78, 5) is 0. The van der Waals surface area contributed by atoms with E-state index in [9.17, 15) is 8.39 Å². The standard InChI is InChI=1S/C8H15F2OP/c9-12(10)11-8-6-4-2-1-3-5-7-8/h8H,1-7H2. The highest BCUT2D eigenvalue weighted by Gasteiger charge is 2.17. The van der Waals surface area contributed by atoms with Crippen molar-refractivity contribution in [3.63, 3.8) is 0 Å². The molecule has 4 heteroatoms. The molecule has 0 amide bonds. The van der Waals surface area contributed by atoms with Gasteiger partial charge in [0, 0.05) is 0 Å². The minimum atomic E-state index is -3.14. The first-order chi connectivity index (χ1) is 5.79. The summed E-state index contributed by atoms with van der Waals surface area (Å²) in [5.74, 6) is 0. The van der Waals surface area contributed by atoms with E-state index in [1.807, 2.05) is 0 Å². The van der Waals surface area contributed by atoms with Gasteiger partial charge in [-0.1, -0.05) is 32.1 Å². The summed E-state index contributed by atoms with van der Waals surface area (Å²) in [6.07, 6.45) is 7.20. The summed E-state index contributed by atoms with van der Waals surface area (Å²) in [5, 5.41) is 0. The minimum Gasteiger partial charge on any atom is -0.302 e. The van der Waals surface area contributed by atoms with Gasteiger partial charge in [-0.2, -0.15) is 8.39 Å². The molecule has 12 heavy (non-hydrogen) atoms. The van der Waals surface area contributed by atoms with Crippen molar-refractivity contribution in [2.75, 3.05) is 0 Å². The van der Waals surface area contributed by atoms with Crippen LogP contribution in [-0.4, -0.2) is 6.10 Å². The molecular weight excluding hydrogens is 181 g/mol. The lowest BCUT2D eigenvalue weighted by Gasteiger charge is -2.18. The lowest BCUT2D eigenvalue weighted by molar-refractivity contribution is 0.165. The van der Waals surface area contributed by atoms with E-state index in [1.165, 1.54) is 19.3 Å². The third kappa shape index (κ3) is 4.32. The molecule has 1 nitrogen and oxygen atoms in total. The van der Waals surface area contributed by atoms with E-state index in [0.717, 1.165) is 25.7 Å². The largest absolute Gasteiger partial charge is 0.415 e. The van der Waals surface area contributed by atoms with Crippen molar-refractivity contribution in [1.29, 1.82) is 0 Å². The zero-order valence-electron chi connectivity index (χ0n) is 7.14. The molecule has 72 valence electrons. The monoisotopic (exact) mass is 196 g/mol. The van der Waals surface area contributed by atoms with Crippen LogP contribution in [0.4, 0.5) is 8.39 Å². The Balaban J connectivity index is 2.20. The van der Waals surface area contributed by atoms with Crippen molar-refractivity contribution in [1.82, 2.24) is 0 Å². The third-order valence-corrected chi connectivity index (χ3v) is 2.74. The zero-order valence-corrected chi connectivity index (χ0v) is 8.03. The van der Waals surface area contributed by atoms with E-state index >= 15 is 0 Å². The molecule has 1 aliphatic carbocycles. The Morgan fingerprint density at radius 3 is 1.92 bits per heavy atom. The highest BCUT2D eigenvalue weighted by atomic mass is 31.2. The first-order valence-electron chi connectivity index (χ1n) is 4.57. The Bertz CT molecular complexity index is 114. The van der Waals surface area contributed by atoms with Crippen molar-refractivity contribution in [2.24, 2.45) is 0 Å². The van der Waals surface area contributed by atoms with Gasteiger partial charge in [0.25, 0.3) is 0 Å². The predicted molar refractivity (Wildman–Crippen MR) is 46.3 cm³/mol. The summed E-state index contributed by atoms with van der Waals surface area (Å²) in [7, 11) is -3.14. The van der Waals surface area contributed by atoms with E-state index < -0.39 is 8.77 Å². The van der Waals surface area contributed by atoms with Gasteiger partial charge in [-0.15, -0.1) is 0 Å². The zero-order chi connectivity index (χ0) is 8.81. The van der Waals surface area contributed by atoms with Crippen LogP contribution in [0.5, 0.6) is 0 Å². The predicted octanol–water partition coefficient (Wildman–Crippen LogP) is 4.28. The van der Waals surface area contributed by atoms with Crippen LogP contribution in [-0.2, 0) is 4.52 Å². The van der Waals surface area contributed by atoms with Gasteiger partial charge in [0.1, 0.15) is 0 Å². The molecule has 0 spiro atoms. The fourth-order valence-corrected chi connectivity index (χ4v) is 2.07. The number of rotatable bonds is 2. The molecule has 0 aliphatic heterocycles. The van der Waals surface area contributed by atoms with Crippen LogP contribution in [0.15, 0.2) is 0 Å². The molecule has 0 bridgehead atoms. The molecule has 1 rings (SSSR count). The fraction of sp³-hybridized carbons (Fsp3) is 1.00. The van der Waals surface area contributed by atoms with Gasteiger partial charge >= 0.3 is 8.77 Å². The molecule has 1 aliphatic rings. The molecular formula is C8H15F2OP. The Morgan fingerprint density at radius 2 is 1.42 bits per heavy atom. The van der Waals surface area contributed by atoms with E-state index in [4.69, 9.17) is 0 Å². The molecule has 0 aromatic rings. The van der Waals surface area contributed by atoms with Gasteiger partial charge in [0.2, 0.25) is 0 Å². The summed E-state index contributed by atoms with van der Waals surface area (Å²) < 4.78 is 28.4. The highest BCUT2D eigenvalue weighted by molar-refractivity contribution is 7.40. The van der Waals surface area contributed by atoms with Gasteiger partial charge in [-0.25, -0.2) is 0 Å². The third-order valence-electron chi connectivity index (χ3n) is 2.28. The van der Waals surface area contributed by atoms with Crippen LogP contribution < -0.4 is 0 Å². The van der Waals surface area contributed by atoms with E-state index in [1.54, 1.807) is 0 Å². The number of hydrogen-bond donors (Lipinski definition) is 0. The molecule has 0 aromatic carbocycles. The summed E-state index contributed by atoms with van der Waals surface area (Å²) in [5.41, 5.74) is 0. The number of halogens is 2. The van der Waals surface area contributed by atoms with Gasteiger partial charge in [0.05, 0.1) is 6.10 Å². The molecule has 0 aromatic heterocycles. The molecule has 0 N–H and O–H groups in total. The van der Waals surface area contributed by atoms with E-state index in [-0.39, 0.29) is 6.10 Å². The van der Waals surface area contributed by atoms with Gasteiger partial charge in [0.15, 0.2) is 0 Å². The normalized spacial score (nSPS) is 22.2. The first kappa shape index (κ1) is 10.3. The quantitative estimate of drug-likeness (QED) is 0.599. The van der Waals surface area contributed by atoms with Crippen molar-refractivity contribution in [3.05, 3.63) is 0 Å². The van der Waals surface area contributed by atoms with Crippen molar-refractivity contribution < 1.29 is 12.9 Å². The van der Waals surface area contributed by atoms with Gasteiger partial charge in [-0.05, 0) is 12.8 Å². The van der Waals surface area contributed by atoms with Crippen molar-refractivity contribution in [3.8, 4) is 0 Å². The average Bonchev–Trinajstić information content (AvgIpc) is 1.93. The molecule has 1 saturated carbocycles. The minimum absolute atomic E-state index is 0.161. The molecule has 0 unspecified atom stereocenters. The highest BCUT2D eigenvalue weighted by Crippen LogP contribution is 2.43. The average molecular weight is 196 g/mol. The summed E-state index contributed by atoms with van der Waals surface area (Å²) in [6.45, 7) is 0.